The number of nitriles is 2. The third kappa shape index (κ3) is 9.88. The third-order valence-electron chi connectivity index (χ3n) is 7.19. The molecular weight excluding hydrogens is 624 g/mol. The van der Waals surface area contributed by atoms with E-state index in [0.29, 0.717) is 34.0 Å². The molecule has 0 bridgehead atoms. The van der Waals surface area contributed by atoms with Gasteiger partial charge in [-0.15, -0.1) is 0 Å². The lowest BCUT2D eigenvalue weighted by molar-refractivity contribution is -0.142. The van der Waals surface area contributed by atoms with Gasteiger partial charge in [0, 0.05) is 36.7 Å². The van der Waals surface area contributed by atoms with E-state index in [1.165, 1.54) is 28.1 Å². The van der Waals surface area contributed by atoms with Crippen LogP contribution in [0, 0.1) is 22.7 Å². The number of carbonyl (C=O) groups excluding carboxylic acids is 4. The molecule has 13 nitrogen and oxygen atoms in total. The van der Waals surface area contributed by atoms with Crippen molar-refractivity contribution in [2.24, 2.45) is 0 Å². The summed E-state index contributed by atoms with van der Waals surface area (Å²) in [7, 11) is 1.55. The van der Waals surface area contributed by atoms with Crippen LogP contribution in [0.4, 0.5) is 28.6 Å². The van der Waals surface area contributed by atoms with E-state index < -0.39 is 17.8 Å². The van der Waals surface area contributed by atoms with Gasteiger partial charge in [0.15, 0.2) is 0 Å². The number of hydrogen-bond donors (Lipinski definition) is 3. The Morgan fingerprint density at radius 2 is 1.47 bits per heavy atom. The minimum Gasteiger partial charge on any atom is -0.466 e. The van der Waals surface area contributed by atoms with E-state index >= 15 is 0 Å². The van der Waals surface area contributed by atoms with Crippen molar-refractivity contribution in [3.63, 3.8) is 0 Å². The van der Waals surface area contributed by atoms with Crippen molar-refractivity contribution >= 4 is 52.3 Å². The number of anilines is 5. The second-order valence-electron chi connectivity index (χ2n) is 10.5. The fourth-order valence-corrected chi connectivity index (χ4v) is 4.62. The molecule has 248 valence electrons. The summed E-state index contributed by atoms with van der Waals surface area (Å²) in [5.74, 6) is -1.45. The zero-order valence-corrected chi connectivity index (χ0v) is 27.0. The van der Waals surface area contributed by atoms with E-state index in [0.717, 1.165) is 0 Å². The highest BCUT2D eigenvalue weighted by atomic mass is 16.5. The van der Waals surface area contributed by atoms with Gasteiger partial charge in [-0.05, 0) is 85.8 Å². The Morgan fingerprint density at radius 1 is 0.837 bits per heavy atom. The van der Waals surface area contributed by atoms with Crippen LogP contribution in [0.2, 0.25) is 0 Å². The Hall–Kier alpha value is -6.73. The summed E-state index contributed by atoms with van der Waals surface area (Å²) in [4.78, 5) is 59.5. The predicted octanol–water partition coefficient (Wildman–Crippen LogP) is 4.55. The van der Waals surface area contributed by atoms with Gasteiger partial charge in [0.25, 0.3) is 5.91 Å². The molecule has 0 spiro atoms. The highest BCUT2D eigenvalue weighted by Gasteiger charge is 2.23. The van der Waals surface area contributed by atoms with Gasteiger partial charge in [0.1, 0.15) is 5.82 Å². The minimum atomic E-state index is -0.489. The van der Waals surface area contributed by atoms with E-state index in [9.17, 15) is 19.2 Å². The molecule has 0 unspecified atom stereocenters. The summed E-state index contributed by atoms with van der Waals surface area (Å²) >= 11 is 0. The standard InChI is InChI=1S/C36H34N8O5/c1-3-49-35(47)17-19-44(32-6-4-5-18-39-32)36(48)27-11-16-31(43(2)34(46)24-41-29-14-9-26(22-38)10-15-29)30(20-27)42-33(45)23-40-28-12-7-25(21-37)8-13-28/h4-16,18,20,40-41H,3,17,19,23-24H2,1-2H3,(H,42,45). The lowest BCUT2D eigenvalue weighted by atomic mass is 10.1. The van der Waals surface area contributed by atoms with Gasteiger partial charge in [-0.25, -0.2) is 4.98 Å². The number of nitrogens with one attached hydrogen (secondary N) is 3. The smallest absolute Gasteiger partial charge is 0.307 e. The van der Waals surface area contributed by atoms with Gasteiger partial charge < -0.3 is 25.6 Å². The molecule has 4 aromatic rings. The van der Waals surface area contributed by atoms with Gasteiger partial charge >= 0.3 is 5.97 Å². The second kappa shape index (κ2) is 17.3. The molecular formula is C36H34N8O5. The number of benzene rings is 3. The molecule has 0 aliphatic rings. The fourth-order valence-electron chi connectivity index (χ4n) is 4.62. The first-order valence-electron chi connectivity index (χ1n) is 15.3. The average molecular weight is 659 g/mol. The number of esters is 1. The van der Waals surface area contributed by atoms with E-state index in [-0.39, 0.29) is 49.8 Å². The maximum Gasteiger partial charge on any atom is 0.307 e. The molecule has 0 fully saturated rings. The van der Waals surface area contributed by atoms with Crippen molar-refractivity contribution in [2.45, 2.75) is 13.3 Å². The van der Waals surface area contributed by atoms with Crippen LogP contribution in [0.3, 0.4) is 0 Å². The largest absolute Gasteiger partial charge is 0.466 e. The summed E-state index contributed by atoms with van der Waals surface area (Å²) in [5, 5.41) is 26.9. The quantitative estimate of drug-likeness (QED) is 0.163. The molecule has 0 saturated carbocycles. The van der Waals surface area contributed by atoms with Crippen molar-refractivity contribution in [1.29, 1.82) is 10.5 Å². The normalized spacial score (nSPS) is 10.1. The average Bonchev–Trinajstić information content (AvgIpc) is 3.13. The van der Waals surface area contributed by atoms with Crippen LogP contribution in [0.25, 0.3) is 0 Å². The fraction of sp³-hybridized carbons (Fsp3) is 0.194. The lowest BCUT2D eigenvalue weighted by Crippen LogP contribution is -2.35. The monoisotopic (exact) mass is 658 g/mol. The molecule has 1 aromatic heterocycles. The number of pyridine rings is 1. The number of amides is 3. The van der Waals surface area contributed by atoms with E-state index in [1.54, 1.807) is 86.8 Å². The van der Waals surface area contributed by atoms with Crippen LogP contribution in [0.1, 0.15) is 34.8 Å². The van der Waals surface area contributed by atoms with Crippen LogP contribution < -0.4 is 25.8 Å². The van der Waals surface area contributed by atoms with Crippen LogP contribution in [-0.4, -0.2) is 62.0 Å². The Bertz CT molecular complexity index is 1870. The first kappa shape index (κ1) is 35.1. The van der Waals surface area contributed by atoms with E-state index in [2.05, 4.69) is 20.9 Å². The van der Waals surface area contributed by atoms with E-state index in [1.807, 2.05) is 12.1 Å². The lowest BCUT2D eigenvalue weighted by Gasteiger charge is -2.24. The zero-order valence-electron chi connectivity index (χ0n) is 27.0. The maximum absolute atomic E-state index is 13.9. The molecule has 1 heterocycles. The Morgan fingerprint density at radius 3 is 2.04 bits per heavy atom. The molecule has 0 saturated heterocycles. The SMILES string of the molecule is CCOC(=O)CCN(C(=O)c1ccc(N(C)C(=O)CNc2ccc(C#N)cc2)c(NC(=O)CNc2ccc(C#N)cc2)c1)c1ccccn1. The van der Waals surface area contributed by atoms with E-state index in [4.69, 9.17) is 15.3 Å². The topological polar surface area (TPSA) is 181 Å². The Labute approximate surface area is 283 Å². The number of hydrogen-bond acceptors (Lipinski definition) is 10. The molecule has 13 heteroatoms. The summed E-state index contributed by atoms with van der Waals surface area (Å²) in [5.41, 5.74) is 2.91. The van der Waals surface area contributed by atoms with Crippen molar-refractivity contribution < 1.29 is 23.9 Å². The Kier molecular flexibility index (Phi) is 12.4. The minimum absolute atomic E-state index is 0.00790. The number of carbonyl (C=O) groups is 4. The third-order valence-corrected chi connectivity index (χ3v) is 7.19. The first-order chi connectivity index (χ1) is 23.7. The van der Waals surface area contributed by atoms with Crippen LogP contribution in [0.15, 0.2) is 91.1 Å². The molecule has 0 atom stereocenters. The summed E-state index contributed by atoms with van der Waals surface area (Å²) in [6.07, 6.45) is 1.46. The number of nitrogens with zero attached hydrogens (tertiary/aromatic N) is 5. The van der Waals surface area contributed by atoms with Crippen molar-refractivity contribution in [3.8, 4) is 12.1 Å². The van der Waals surface area contributed by atoms with Crippen molar-refractivity contribution in [2.75, 3.05) is 59.0 Å². The molecule has 49 heavy (non-hydrogen) atoms. The molecule has 3 aromatic carbocycles. The zero-order chi connectivity index (χ0) is 35.2. The van der Waals surface area contributed by atoms with Crippen molar-refractivity contribution in [3.05, 3.63) is 108 Å². The maximum atomic E-state index is 13.9. The molecule has 0 radical (unpaired) electrons. The number of rotatable bonds is 14. The van der Waals surface area contributed by atoms with Crippen LogP contribution in [0.5, 0.6) is 0 Å². The van der Waals surface area contributed by atoms with Gasteiger partial charge in [-0.2, -0.15) is 10.5 Å². The van der Waals surface area contributed by atoms with Gasteiger partial charge in [0.05, 0.1) is 60.8 Å². The van der Waals surface area contributed by atoms with Gasteiger partial charge in [-0.3, -0.25) is 24.1 Å². The highest BCUT2D eigenvalue weighted by molar-refractivity contribution is 6.09. The summed E-state index contributed by atoms with van der Waals surface area (Å²) in [6, 6.07) is 26.9. The van der Waals surface area contributed by atoms with Crippen LogP contribution >= 0.6 is 0 Å². The summed E-state index contributed by atoms with van der Waals surface area (Å²) < 4.78 is 5.05. The second-order valence-corrected chi connectivity index (χ2v) is 10.5. The molecule has 3 amide bonds. The van der Waals surface area contributed by atoms with Crippen molar-refractivity contribution in [1.82, 2.24) is 4.98 Å². The number of ether oxygens (including phenoxy) is 1. The number of likely N-dealkylation sites (N-methyl/N-ethyl adjacent to an activating group) is 1. The molecule has 0 aliphatic heterocycles. The van der Waals surface area contributed by atoms with Gasteiger partial charge in [0.2, 0.25) is 11.8 Å². The van der Waals surface area contributed by atoms with Crippen LogP contribution in [-0.2, 0) is 19.1 Å². The Balaban J connectivity index is 1.59. The molecule has 3 N–H and O–H groups in total. The summed E-state index contributed by atoms with van der Waals surface area (Å²) in [6.45, 7) is 1.64. The first-order valence-corrected chi connectivity index (χ1v) is 15.3. The number of aromatic nitrogens is 1. The predicted molar refractivity (Wildman–Crippen MR) is 185 cm³/mol. The van der Waals surface area contributed by atoms with Gasteiger partial charge in [-0.1, -0.05) is 6.07 Å². The molecule has 0 aliphatic carbocycles. The highest BCUT2D eigenvalue weighted by Crippen LogP contribution is 2.28. The molecule has 4 rings (SSSR count).